The molecule has 0 N–H and O–H groups in total. The maximum absolute atomic E-state index is 5.31. The first kappa shape index (κ1) is 40.4. The van der Waals surface area contributed by atoms with Gasteiger partial charge >= 0.3 is 0 Å². The highest BCUT2D eigenvalue weighted by molar-refractivity contribution is 6.10. The Morgan fingerprint density at radius 3 is 1.06 bits per heavy atom. The van der Waals surface area contributed by atoms with E-state index < -0.39 is 0 Å². The van der Waals surface area contributed by atoms with E-state index in [9.17, 15) is 0 Å². The molecule has 0 saturated heterocycles. The summed E-state index contributed by atoms with van der Waals surface area (Å²) in [5.41, 5.74) is 12.0. The minimum Gasteiger partial charge on any atom is -0.292 e. The van der Waals surface area contributed by atoms with Crippen LogP contribution in [0.3, 0.4) is 0 Å². The molecule has 63 heavy (non-hydrogen) atoms. The molecule has 0 amide bonds. The monoisotopic (exact) mass is 826 g/mol. The Balaban J connectivity index is 1.08. The van der Waals surface area contributed by atoms with Crippen molar-refractivity contribution in [3.05, 3.63) is 180 Å². The first-order chi connectivity index (χ1) is 30.2. The van der Waals surface area contributed by atoms with Crippen molar-refractivity contribution in [2.45, 2.75) is 86.5 Å². The van der Waals surface area contributed by atoms with E-state index in [4.69, 9.17) is 10.2 Å². The average Bonchev–Trinajstić information content (AvgIpc) is 4.08. The molecule has 0 aliphatic rings. The molecule has 0 fully saturated rings. The number of aryl methyl sites for hydroxylation is 2. The van der Waals surface area contributed by atoms with E-state index in [0.29, 0.717) is 0 Å². The van der Waals surface area contributed by atoms with Crippen LogP contribution in [0, 0.1) is 10.8 Å². The van der Waals surface area contributed by atoms with Crippen molar-refractivity contribution >= 4 is 43.6 Å². The third-order valence-electron chi connectivity index (χ3n) is 13.0. The molecule has 0 saturated carbocycles. The Morgan fingerprint density at radius 1 is 0.397 bits per heavy atom. The molecule has 0 atom stereocenters. The van der Waals surface area contributed by atoms with Crippen molar-refractivity contribution in [2.24, 2.45) is 10.8 Å². The van der Waals surface area contributed by atoms with Gasteiger partial charge in [0.15, 0.2) is 11.6 Å². The van der Waals surface area contributed by atoms with Gasteiger partial charge in [0.05, 0.1) is 33.4 Å². The molecule has 316 valence electrons. The van der Waals surface area contributed by atoms with Crippen LogP contribution in [0.15, 0.2) is 158 Å². The standard InChI is InChI=1S/C57H58N6/c1-55(2,3)29-25-39-33-41(37-43(35-39)60-31-27-53(58-60)62-49-21-13-9-17-45(49)46-18-10-14-22-50(46)62)57(7,8)42-34-40(26-30-56(4,5)6)36-44(38-42)61-32-28-54(59-61)63-51-23-15-11-19-47(51)48-20-12-16-24-52(48)63/h9-24,27-28,31-38H,25-26,29-30H2,1-8H3. The smallest absolute Gasteiger partial charge is 0.160 e. The van der Waals surface area contributed by atoms with Crippen LogP contribution in [0.2, 0.25) is 0 Å². The summed E-state index contributed by atoms with van der Waals surface area (Å²) >= 11 is 0. The summed E-state index contributed by atoms with van der Waals surface area (Å²) in [4.78, 5) is 0. The van der Waals surface area contributed by atoms with E-state index in [1.165, 1.54) is 43.8 Å². The van der Waals surface area contributed by atoms with Crippen LogP contribution in [-0.2, 0) is 18.3 Å². The number of rotatable bonds is 10. The zero-order valence-corrected chi connectivity index (χ0v) is 38.0. The molecule has 4 heterocycles. The van der Waals surface area contributed by atoms with E-state index in [1.54, 1.807) is 0 Å². The van der Waals surface area contributed by atoms with Gasteiger partial charge in [-0.2, -0.15) is 0 Å². The van der Waals surface area contributed by atoms with Crippen LogP contribution >= 0.6 is 0 Å². The fourth-order valence-electron chi connectivity index (χ4n) is 9.32. The van der Waals surface area contributed by atoms with E-state index in [2.05, 4.69) is 232 Å². The molecule has 10 rings (SSSR count). The molecule has 6 aromatic carbocycles. The number of para-hydroxylation sites is 4. The van der Waals surface area contributed by atoms with Gasteiger partial charge in [0.2, 0.25) is 0 Å². The number of hydrogen-bond donors (Lipinski definition) is 0. The summed E-state index contributed by atoms with van der Waals surface area (Å²) in [5.74, 6) is 1.81. The topological polar surface area (TPSA) is 45.5 Å². The van der Waals surface area contributed by atoms with Crippen molar-refractivity contribution in [3.63, 3.8) is 0 Å². The predicted octanol–water partition coefficient (Wildman–Crippen LogP) is 14.5. The van der Waals surface area contributed by atoms with Crippen molar-refractivity contribution in [1.29, 1.82) is 0 Å². The van der Waals surface area contributed by atoms with Crippen LogP contribution in [0.5, 0.6) is 0 Å². The van der Waals surface area contributed by atoms with E-state index in [-0.39, 0.29) is 16.2 Å². The minimum absolute atomic E-state index is 0.208. The van der Waals surface area contributed by atoms with Crippen LogP contribution in [0.1, 0.15) is 90.5 Å². The highest BCUT2D eigenvalue weighted by Gasteiger charge is 2.27. The second kappa shape index (κ2) is 15.3. The summed E-state index contributed by atoms with van der Waals surface area (Å²) in [6.07, 6.45) is 8.38. The Labute approximate surface area is 371 Å². The molecule has 0 radical (unpaired) electrons. The highest BCUT2D eigenvalue weighted by atomic mass is 15.3. The van der Waals surface area contributed by atoms with Crippen LogP contribution in [0.25, 0.3) is 66.6 Å². The lowest BCUT2D eigenvalue weighted by Crippen LogP contribution is -2.21. The molecule has 0 aliphatic carbocycles. The summed E-state index contributed by atoms with van der Waals surface area (Å²) in [5, 5.41) is 15.6. The molecule has 0 spiro atoms. The Bertz CT molecular complexity index is 2970. The first-order valence-electron chi connectivity index (χ1n) is 22.6. The lowest BCUT2D eigenvalue weighted by molar-refractivity contribution is 0.378. The second-order valence-electron chi connectivity index (χ2n) is 20.5. The highest BCUT2D eigenvalue weighted by Crippen LogP contribution is 2.38. The van der Waals surface area contributed by atoms with Crippen molar-refractivity contribution in [1.82, 2.24) is 28.7 Å². The second-order valence-corrected chi connectivity index (χ2v) is 20.5. The lowest BCUT2D eigenvalue weighted by atomic mass is 9.76. The molecule has 4 aromatic heterocycles. The maximum atomic E-state index is 5.31. The Kier molecular flexibility index (Phi) is 9.82. The Morgan fingerprint density at radius 2 is 0.730 bits per heavy atom. The molecular formula is C57H58N6. The van der Waals surface area contributed by atoms with Crippen LogP contribution in [0.4, 0.5) is 0 Å². The molecule has 6 heteroatoms. The maximum Gasteiger partial charge on any atom is 0.160 e. The van der Waals surface area contributed by atoms with Gasteiger partial charge in [0.1, 0.15) is 0 Å². The van der Waals surface area contributed by atoms with Crippen LogP contribution in [-0.4, -0.2) is 28.7 Å². The molecule has 6 nitrogen and oxygen atoms in total. The number of fused-ring (bicyclic) bond motifs is 6. The predicted molar refractivity (Wildman–Crippen MR) is 263 cm³/mol. The van der Waals surface area contributed by atoms with Gasteiger partial charge in [-0.3, -0.25) is 9.13 Å². The summed E-state index contributed by atoms with van der Waals surface area (Å²) in [7, 11) is 0. The van der Waals surface area contributed by atoms with Gasteiger partial charge in [-0.1, -0.05) is 140 Å². The quantitative estimate of drug-likeness (QED) is 0.138. The summed E-state index contributed by atoms with van der Waals surface area (Å²) in [6.45, 7) is 18.8. The van der Waals surface area contributed by atoms with Crippen molar-refractivity contribution in [3.8, 4) is 23.0 Å². The summed E-state index contributed by atoms with van der Waals surface area (Å²) in [6, 6.07) is 53.1. The SMILES string of the molecule is CC(C)(C)CCc1cc(-n2ccc(-n3c4ccccc4c4ccccc43)n2)cc(C(C)(C)c2cc(CCC(C)(C)C)cc(-n3ccc(-n4c5ccccc5c5ccccc54)n3)c2)c1. The minimum atomic E-state index is -0.343. The van der Waals surface area contributed by atoms with Crippen molar-refractivity contribution < 1.29 is 0 Å². The molecule has 0 aliphatic heterocycles. The third kappa shape index (κ3) is 7.66. The number of benzene rings is 6. The molecule has 0 bridgehead atoms. The van der Waals surface area contributed by atoms with Gasteiger partial charge in [0.25, 0.3) is 0 Å². The van der Waals surface area contributed by atoms with Gasteiger partial charge in [-0.15, -0.1) is 10.2 Å². The first-order valence-corrected chi connectivity index (χ1v) is 22.6. The number of aromatic nitrogens is 6. The normalized spacial score (nSPS) is 12.7. The van der Waals surface area contributed by atoms with Crippen LogP contribution < -0.4 is 0 Å². The van der Waals surface area contributed by atoms with Crippen molar-refractivity contribution in [2.75, 3.05) is 0 Å². The Hall–Kier alpha value is -6.66. The zero-order valence-electron chi connectivity index (χ0n) is 38.0. The molecular weight excluding hydrogens is 769 g/mol. The number of nitrogens with zero attached hydrogens (tertiary/aromatic N) is 6. The van der Waals surface area contributed by atoms with Gasteiger partial charge in [-0.25, -0.2) is 9.36 Å². The number of hydrogen-bond acceptors (Lipinski definition) is 2. The van der Waals surface area contributed by atoms with Gasteiger partial charge < -0.3 is 0 Å². The fraction of sp³-hybridized carbons (Fsp3) is 0.263. The van der Waals surface area contributed by atoms with E-state index in [1.807, 2.05) is 0 Å². The lowest BCUT2D eigenvalue weighted by Gasteiger charge is -2.29. The largest absolute Gasteiger partial charge is 0.292 e. The van der Waals surface area contributed by atoms with E-state index >= 15 is 0 Å². The summed E-state index contributed by atoms with van der Waals surface area (Å²) < 4.78 is 8.73. The van der Waals surface area contributed by atoms with Gasteiger partial charge in [0, 0.05) is 51.5 Å². The fourth-order valence-corrected chi connectivity index (χ4v) is 9.32. The average molecular weight is 827 g/mol. The molecule has 10 aromatic rings. The zero-order chi connectivity index (χ0) is 43.7. The van der Waals surface area contributed by atoms with Gasteiger partial charge in [-0.05, 0) is 107 Å². The third-order valence-corrected chi connectivity index (χ3v) is 13.0. The molecule has 0 unspecified atom stereocenters. The van der Waals surface area contributed by atoms with E-state index in [0.717, 1.165) is 70.8 Å².